The van der Waals surface area contributed by atoms with Gasteiger partial charge in [-0.15, -0.1) is 0 Å². The van der Waals surface area contributed by atoms with Crippen LogP contribution in [-0.2, 0) is 0 Å². The number of hydrogen-bond donors (Lipinski definition) is 3. The van der Waals surface area contributed by atoms with Crippen molar-refractivity contribution in [2.24, 2.45) is 11.8 Å². The molecule has 2 aliphatic rings. The van der Waals surface area contributed by atoms with E-state index >= 15 is 0 Å². The van der Waals surface area contributed by atoms with Gasteiger partial charge in [0.25, 0.3) is 0 Å². The molecule has 3 unspecified atom stereocenters. The lowest BCUT2D eigenvalue weighted by atomic mass is 9.96. The zero-order chi connectivity index (χ0) is 15.9. The Morgan fingerprint density at radius 1 is 1.35 bits per heavy atom. The number of piperidine rings is 1. The number of rotatable bonds is 7. The molecule has 0 aromatic carbocycles. The summed E-state index contributed by atoms with van der Waals surface area (Å²) >= 11 is 0. The minimum atomic E-state index is 0.355. The van der Waals surface area contributed by atoms with Crippen LogP contribution in [0.15, 0.2) is 24.5 Å². The molecule has 2 saturated heterocycles. The Bertz CT molecular complexity index is 446. The summed E-state index contributed by atoms with van der Waals surface area (Å²) in [6, 6.07) is 4.53. The van der Waals surface area contributed by atoms with E-state index in [2.05, 4.69) is 39.0 Å². The highest BCUT2D eigenvalue weighted by atomic mass is 15.4. The largest absolute Gasteiger partial charge is 0.316 e. The molecule has 0 aliphatic carbocycles. The number of likely N-dealkylation sites (tertiary alicyclic amines) is 1. The fourth-order valence-corrected chi connectivity index (χ4v) is 3.80. The first-order valence-electron chi connectivity index (χ1n) is 9.14. The smallest absolute Gasteiger partial charge is 0.0530 e. The van der Waals surface area contributed by atoms with Gasteiger partial charge in [0.15, 0.2) is 0 Å². The molecule has 128 valence electrons. The van der Waals surface area contributed by atoms with Crippen LogP contribution in [0.5, 0.6) is 0 Å². The van der Waals surface area contributed by atoms with Gasteiger partial charge in [0, 0.05) is 37.9 Å². The number of nitrogens with one attached hydrogen (secondary N) is 3. The van der Waals surface area contributed by atoms with Crippen molar-refractivity contribution in [2.75, 3.05) is 39.3 Å². The molecule has 3 rings (SSSR count). The summed E-state index contributed by atoms with van der Waals surface area (Å²) in [6.45, 7) is 9.35. The van der Waals surface area contributed by atoms with Gasteiger partial charge >= 0.3 is 0 Å². The molecule has 2 fully saturated rings. The average molecular weight is 317 g/mol. The summed E-state index contributed by atoms with van der Waals surface area (Å²) in [7, 11) is 0. The van der Waals surface area contributed by atoms with E-state index < -0.39 is 0 Å². The van der Waals surface area contributed by atoms with Crippen LogP contribution in [0.3, 0.4) is 0 Å². The molecule has 3 heterocycles. The molecule has 3 N–H and O–H groups in total. The highest BCUT2D eigenvalue weighted by Crippen LogP contribution is 2.23. The molecular weight excluding hydrogens is 286 g/mol. The van der Waals surface area contributed by atoms with Crippen LogP contribution in [-0.4, -0.2) is 49.2 Å². The predicted octanol–water partition coefficient (Wildman–Crippen LogP) is 1.56. The Hall–Kier alpha value is -1.01. The molecule has 0 amide bonds. The molecule has 0 radical (unpaired) electrons. The van der Waals surface area contributed by atoms with Crippen molar-refractivity contribution in [3.05, 3.63) is 30.1 Å². The summed E-state index contributed by atoms with van der Waals surface area (Å²) in [4.78, 5) is 6.88. The normalized spacial score (nSPS) is 27.2. The van der Waals surface area contributed by atoms with E-state index in [-0.39, 0.29) is 0 Å². The maximum atomic E-state index is 4.24. The van der Waals surface area contributed by atoms with Crippen molar-refractivity contribution in [1.29, 1.82) is 0 Å². The lowest BCUT2D eigenvalue weighted by molar-refractivity contribution is 0.198. The second-order valence-electron chi connectivity index (χ2n) is 7.17. The highest BCUT2D eigenvalue weighted by molar-refractivity contribution is 5.16. The van der Waals surface area contributed by atoms with Crippen molar-refractivity contribution in [3.8, 4) is 0 Å². The van der Waals surface area contributed by atoms with Crippen LogP contribution in [0.1, 0.15) is 37.8 Å². The lowest BCUT2D eigenvalue weighted by Crippen LogP contribution is -2.38. The molecule has 0 bridgehead atoms. The zero-order valence-electron chi connectivity index (χ0n) is 14.3. The molecule has 0 spiro atoms. The molecule has 5 heteroatoms. The molecule has 3 atom stereocenters. The third kappa shape index (κ3) is 4.98. The first-order valence-corrected chi connectivity index (χ1v) is 9.14. The van der Waals surface area contributed by atoms with Gasteiger partial charge in [-0.25, -0.2) is 5.43 Å². The van der Waals surface area contributed by atoms with Gasteiger partial charge in [-0.1, -0.05) is 19.4 Å². The molecule has 1 aromatic rings. The number of pyridine rings is 1. The number of hydrogen-bond acceptors (Lipinski definition) is 5. The number of aromatic nitrogens is 1. The van der Waals surface area contributed by atoms with Crippen LogP contribution in [0.2, 0.25) is 0 Å². The van der Waals surface area contributed by atoms with Gasteiger partial charge in [0.1, 0.15) is 0 Å². The first kappa shape index (κ1) is 16.8. The van der Waals surface area contributed by atoms with Gasteiger partial charge in [-0.3, -0.25) is 10.4 Å². The second kappa shape index (κ2) is 8.73. The van der Waals surface area contributed by atoms with E-state index in [0.29, 0.717) is 17.9 Å². The standard InChI is InChI=1S/C18H31N5/c1-15(14-23-8-3-2-4-9-23)10-20-12-17-13-21-22-18(17)16-6-5-7-19-11-16/h5-7,11,15,17-18,20-22H,2-4,8-10,12-14H2,1H3. The minimum Gasteiger partial charge on any atom is -0.316 e. The Morgan fingerprint density at radius 3 is 3.00 bits per heavy atom. The molecule has 2 aliphatic heterocycles. The third-order valence-electron chi connectivity index (χ3n) is 5.05. The summed E-state index contributed by atoms with van der Waals surface area (Å²) in [6.07, 6.45) is 7.98. The third-order valence-corrected chi connectivity index (χ3v) is 5.05. The monoisotopic (exact) mass is 317 g/mol. The van der Waals surface area contributed by atoms with Crippen molar-refractivity contribution in [3.63, 3.8) is 0 Å². The van der Waals surface area contributed by atoms with Crippen molar-refractivity contribution < 1.29 is 0 Å². The number of nitrogens with zero attached hydrogens (tertiary/aromatic N) is 2. The minimum absolute atomic E-state index is 0.355. The Morgan fingerprint density at radius 2 is 2.22 bits per heavy atom. The molecular formula is C18H31N5. The maximum absolute atomic E-state index is 4.24. The Kier molecular flexibility index (Phi) is 6.39. The predicted molar refractivity (Wildman–Crippen MR) is 93.9 cm³/mol. The zero-order valence-corrected chi connectivity index (χ0v) is 14.3. The summed E-state index contributed by atoms with van der Waals surface area (Å²) in [5, 5.41) is 3.69. The molecule has 1 aromatic heterocycles. The van der Waals surface area contributed by atoms with E-state index in [4.69, 9.17) is 0 Å². The maximum Gasteiger partial charge on any atom is 0.0530 e. The molecule has 5 nitrogen and oxygen atoms in total. The average Bonchev–Trinajstić information content (AvgIpc) is 3.05. The summed E-state index contributed by atoms with van der Waals surface area (Å²) < 4.78 is 0. The fourth-order valence-electron chi connectivity index (χ4n) is 3.80. The fraction of sp³-hybridized carbons (Fsp3) is 0.722. The van der Waals surface area contributed by atoms with Crippen molar-refractivity contribution in [2.45, 2.75) is 32.2 Å². The van der Waals surface area contributed by atoms with E-state index in [0.717, 1.165) is 19.6 Å². The van der Waals surface area contributed by atoms with Gasteiger partial charge in [-0.05, 0) is 50.0 Å². The first-order chi connectivity index (χ1) is 11.3. The van der Waals surface area contributed by atoms with E-state index in [1.165, 1.54) is 44.5 Å². The summed E-state index contributed by atoms with van der Waals surface area (Å²) in [5.74, 6) is 1.29. The van der Waals surface area contributed by atoms with Gasteiger partial charge in [0.05, 0.1) is 6.04 Å². The van der Waals surface area contributed by atoms with Crippen molar-refractivity contribution in [1.82, 2.24) is 26.1 Å². The van der Waals surface area contributed by atoms with Crippen LogP contribution < -0.4 is 16.2 Å². The van der Waals surface area contributed by atoms with Crippen LogP contribution >= 0.6 is 0 Å². The number of hydrazine groups is 1. The summed E-state index contributed by atoms with van der Waals surface area (Å²) in [5.41, 5.74) is 7.96. The van der Waals surface area contributed by atoms with Crippen LogP contribution in [0.25, 0.3) is 0 Å². The van der Waals surface area contributed by atoms with Crippen LogP contribution in [0, 0.1) is 11.8 Å². The van der Waals surface area contributed by atoms with Gasteiger partial charge in [-0.2, -0.15) is 0 Å². The van der Waals surface area contributed by atoms with E-state index in [9.17, 15) is 0 Å². The van der Waals surface area contributed by atoms with E-state index in [1.54, 1.807) is 0 Å². The van der Waals surface area contributed by atoms with Gasteiger partial charge < -0.3 is 10.2 Å². The quantitative estimate of drug-likeness (QED) is 0.712. The van der Waals surface area contributed by atoms with Crippen molar-refractivity contribution >= 4 is 0 Å². The second-order valence-corrected chi connectivity index (χ2v) is 7.17. The Balaban J connectivity index is 1.39. The van der Waals surface area contributed by atoms with Gasteiger partial charge in [0.2, 0.25) is 0 Å². The van der Waals surface area contributed by atoms with E-state index in [1.807, 2.05) is 18.5 Å². The van der Waals surface area contributed by atoms with Crippen LogP contribution in [0.4, 0.5) is 0 Å². The molecule has 23 heavy (non-hydrogen) atoms. The SMILES string of the molecule is CC(CNCC1CNNC1c1cccnc1)CN1CCCCC1. The Labute approximate surface area is 140 Å². The highest BCUT2D eigenvalue weighted by Gasteiger charge is 2.28. The topological polar surface area (TPSA) is 52.2 Å². The lowest BCUT2D eigenvalue weighted by Gasteiger charge is -2.29. The molecule has 0 saturated carbocycles.